The Hall–Kier alpha value is -4.78. The Balaban J connectivity index is 1.33. The van der Waals surface area contributed by atoms with Gasteiger partial charge in [0, 0.05) is 37.7 Å². The van der Waals surface area contributed by atoms with Gasteiger partial charge in [-0.1, -0.05) is 12.1 Å². The highest BCUT2D eigenvalue weighted by Crippen LogP contribution is 2.50. The quantitative estimate of drug-likeness (QED) is 0.247. The Labute approximate surface area is 280 Å². The van der Waals surface area contributed by atoms with Gasteiger partial charge < -0.3 is 30.2 Å². The molecule has 0 aromatic heterocycles. The Morgan fingerprint density at radius 1 is 0.979 bits per heavy atom. The van der Waals surface area contributed by atoms with Crippen LogP contribution in [0.3, 0.4) is 0 Å². The molecule has 1 heterocycles. The zero-order chi connectivity index (χ0) is 34.4. The molecule has 12 nitrogen and oxygen atoms in total. The van der Waals surface area contributed by atoms with Crippen molar-refractivity contribution >= 4 is 38.9 Å². The molecule has 1 atom stereocenters. The zero-order valence-corrected chi connectivity index (χ0v) is 28.5. The van der Waals surface area contributed by atoms with E-state index >= 15 is 0 Å². The molecule has 256 valence electrons. The third-order valence-electron chi connectivity index (χ3n) is 8.58. The molecule has 2 aliphatic rings. The predicted molar refractivity (Wildman–Crippen MR) is 186 cm³/mol. The Bertz CT molecular complexity index is 1860. The lowest BCUT2D eigenvalue weighted by atomic mass is 9.95. The molecule has 3 aromatic carbocycles. The predicted octanol–water partition coefficient (Wildman–Crippen LogP) is 4.62. The number of carbonyl (C=O) groups excluding carboxylic acids is 2. The van der Waals surface area contributed by atoms with E-state index in [9.17, 15) is 22.8 Å². The SMILES string of the molecule is COc1cc2c(c(OC)c1OC)-c1ccc(NCCCC(=O)Nc3cccc(N4CCCCS4(=O)=O)c3)c(=O)cc1[C@@H](NC(C)=O)CC2. The lowest BCUT2D eigenvalue weighted by Crippen LogP contribution is -2.37. The fourth-order valence-corrected chi connectivity index (χ4v) is 8.00. The van der Waals surface area contributed by atoms with Gasteiger partial charge in [0.2, 0.25) is 33.0 Å². The van der Waals surface area contributed by atoms with Crippen LogP contribution >= 0.6 is 0 Å². The lowest BCUT2D eigenvalue weighted by Gasteiger charge is -2.28. The normalized spacial score (nSPS) is 16.4. The maximum atomic E-state index is 13.5. The lowest BCUT2D eigenvalue weighted by molar-refractivity contribution is -0.119. The first kappa shape index (κ1) is 34.6. The Morgan fingerprint density at radius 3 is 2.48 bits per heavy atom. The van der Waals surface area contributed by atoms with Crippen LogP contribution < -0.4 is 39.9 Å². The molecule has 1 saturated heterocycles. The highest BCUT2D eigenvalue weighted by Gasteiger charge is 2.30. The molecule has 13 heteroatoms. The highest BCUT2D eigenvalue weighted by molar-refractivity contribution is 7.92. The summed E-state index contributed by atoms with van der Waals surface area (Å²) in [7, 11) is 1.28. The van der Waals surface area contributed by atoms with Crippen LogP contribution in [0.5, 0.6) is 17.2 Å². The van der Waals surface area contributed by atoms with Crippen molar-refractivity contribution in [3.8, 4) is 28.4 Å². The van der Waals surface area contributed by atoms with Gasteiger partial charge in [-0.05, 0) is 85.2 Å². The number of rotatable bonds is 11. The van der Waals surface area contributed by atoms with E-state index < -0.39 is 16.1 Å². The minimum Gasteiger partial charge on any atom is -0.493 e. The first-order chi connectivity index (χ1) is 23.1. The maximum absolute atomic E-state index is 13.5. The maximum Gasteiger partial charge on any atom is 0.235 e. The first-order valence-electron chi connectivity index (χ1n) is 16.0. The summed E-state index contributed by atoms with van der Waals surface area (Å²) in [5, 5.41) is 9.02. The van der Waals surface area contributed by atoms with Gasteiger partial charge in [-0.2, -0.15) is 0 Å². The molecule has 3 aromatic rings. The summed E-state index contributed by atoms with van der Waals surface area (Å²) in [6.07, 6.45) is 3.20. The summed E-state index contributed by atoms with van der Waals surface area (Å²) in [5.74, 6) is 1.10. The van der Waals surface area contributed by atoms with Crippen LogP contribution in [0.1, 0.15) is 56.2 Å². The van der Waals surface area contributed by atoms with E-state index in [-0.39, 0.29) is 29.4 Å². The molecule has 1 aliphatic heterocycles. The minimum atomic E-state index is -3.36. The largest absolute Gasteiger partial charge is 0.493 e. The molecule has 0 radical (unpaired) electrons. The third kappa shape index (κ3) is 7.51. The van der Waals surface area contributed by atoms with Gasteiger partial charge in [0.05, 0.1) is 44.5 Å². The number of ether oxygens (including phenoxy) is 3. The molecular formula is C35H42N4O8S. The molecule has 0 bridgehead atoms. The first-order valence-corrected chi connectivity index (χ1v) is 17.6. The Morgan fingerprint density at radius 2 is 1.77 bits per heavy atom. The van der Waals surface area contributed by atoms with Gasteiger partial charge in [-0.15, -0.1) is 0 Å². The standard InChI is InChI=1S/C35H42N4O8S/c1-22(40)37-28-14-12-23-19-31(45-2)34(46-3)35(47-4)33(23)26-13-15-29(30(41)21-27(26)28)36-16-8-11-32(42)38-24-9-7-10-25(20-24)39-17-5-6-18-48(39,43)44/h7,9-10,13,15,19-21,28H,5-6,8,11-12,14,16-18H2,1-4H3,(H,36,41)(H,37,40)(H,38,42)/t28-/m0/s1. The summed E-state index contributed by atoms with van der Waals surface area (Å²) < 4.78 is 43.5. The monoisotopic (exact) mass is 678 g/mol. The van der Waals surface area contributed by atoms with Crippen LogP contribution in [0, 0.1) is 0 Å². The highest BCUT2D eigenvalue weighted by atomic mass is 32.2. The van der Waals surface area contributed by atoms with Crippen LogP contribution in [0.4, 0.5) is 17.1 Å². The molecular weight excluding hydrogens is 636 g/mol. The second-order valence-corrected chi connectivity index (χ2v) is 13.8. The summed E-state index contributed by atoms with van der Waals surface area (Å²) in [6, 6.07) is 13.4. The second kappa shape index (κ2) is 15.0. The fourth-order valence-electron chi connectivity index (χ4n) is 6.37. The van der Waals surface area contributed by atoms with E-state index in [0.717, 1.165) is 23.1 Å². The number of hydrogen-bond donors (Lipinski definition) is 3. The molecule has 1 fully saturated rings. The zero-order valence-electron chi connectivity index (χ0n) is 27.7. The van der Waals surface area contributed by atoms with Gasteiger partial charge in [0.15, 0.2) is 11.5 Å². The average molecular weight is 679 g/mol. The minimum absolute atomic E-state index is 0.116. The summed E-state index contributed by atoms with van der Waals surface area (Å²) in [4.78, 5) is 38.5. The van der Waals surface area contributed by atoms with E-state index in [1.165, 1.54) is 18.3 Å². The number of amides is 2. The van der Waals surface area contributed by atoms with Gasteiger partial charge in [0.25, 0.3) is 0 Å². The molecule has 5 rings (SSSR count). The number of sulfonamides is 1. The summed E-state index contributed by atoms with van der Waals surface area (Å²) in [6.45, 7) is 2.22. The molecule has 0 saturated carbocycles. The van der Waals surface area contributed by atoms with Crippen LogP contribution in [-0.4, -0.2) is 60.4 Å². The van der Waals surface area contributed by atoms with E-state index in [1.807, 2.05) is 12.1 Å². The van der Waals surface area contributed by atoms with Gasteiger partial charge in [0.1, 0.15) is 0 Å². The average Bonchev–Trinajstić information content (AvgIpc) is 3.30. The van der Waals surface area contributed by atoms with Crippen molar-refractivity contribution in [2.75, 3.05) is 55.1 Å². The van der Waals surface area contributed by atoms with E-state index in [0.29, 0.717) is 78.6 Å². The van der Waals surface area contributed by atoms with Crippen LogP contribution in [0.25, 0.3) is 11.1 Å². The van der Waals surface area contributed by atoms with Crippen molar-refractivity contribution in [1.29, 1.82) is 0 Å². The van der Waals surface area contributed by atoms with Crippen molar-refractivity contribution in [2.24, 2.45) is 0 Å². The summed E-state index contributed by atoms with van der Waals surface area (Å²) >= 11 is 0. The number of carbonyl (C=O) groups is 2. The number of anilines is 3. The topological polar surface area (TPSA) is 152 Å². The second-order valence-electron chi connectivity index (χ2n) is 11.8. The van der Waals surface area contributed by atoms with E-state index in [4.69, 9.17) is 14.2 Å². The molecule has 1 aliphatic carbocycles. The van der Waals surface area contributed by atoms with Crippen molar-refractivity contribution in [2.45, 2.75) is 51.5 Å². The number of methoxy groups -OCH3 is 3. The van der Waals surface area contributed by atoms with E-state index in [1.54, 1.807) is 50.6 Å². The smallest absolute Gasteiger partial charge is 0.235 e. The van der Waals surface area contributed by atoms with Gasteiger partial charge in [-0.25, -0.2) is 8.42 Å². The van der Waals surface area contributed by atoms with Gasteiger partial charge in [-0.3, -0.25) is 18.7 Å². The molecule has 3 N–H and O–H groups in total. The van der Waals surface area contributed by atoms with Crippen molar-refractivity contribution in [1.82, 2.24) is 5.32 Å². The molecule has 48 heavy (non-hydrogen) atoms. The fraction of sp³-hybridized carbons (Fsp3) is 0.400. The van der Waals surface area contributed by atoms with Crippen LogP contribution in [0.15, 0.2) is 53.3 Å². The Kier molecular flexibility index (Phi) is 10.8. The number of nitrogens with zero attached hydrogens (tertiary/aromatic N) is 1. The number of benzene rings is 2. The molecule has 2 amide bonds. The molecule has 0 unspecified atom stereocenters. The third-order valence-corrected chi connectivity index (χ3v) is 10.4. The van der Waals surface area contributed by atoms with E-state index in [2.05, 4.69) is 16.0 Å². The van der Waals surface area contributed by atoms with Gasteiger partial charge >= 0.3 is 0 Å². The number of fused-ring (bicyclic) bond motifs is 3. The van der Waals surface area contributed by atoms with Crippen molar-refractivity contribution in [3.63, 3.8) is 0 Å². The number of aryl methyl sites for hydroxylation is 1. The van der Waals surface area contributed by atoms with Crippen molar-refractivity contribution < 1.29 is 32.2 Å². The summed E-state index contributed by atoms with van der Waals surface area (Å²) in [5.41, 5.74) is 4.22. The van der Waals surface area contributed by atoms with Crippen LogP contribution in [-0.2, 0) is 26.0 Å². The van der Waals surface area contributed by atoms with Crippen molar-refractivity contribution in [3.05, 3.63) is 69.9 Å². The number of nitrogens with one attached hydrogen (secondary N) is 3. The van der Waals surface area contributed by atoms with Crippen LogP contribution in [0.2, 0.25) is 0 Å². The molecule has 0 spiro atoms. The number of hydrogen-bond acceptors (Lipinski definition) is 9.